The van der Waals surface area contributed by atoms with E-state index in [2.05, 4.69) is 5.32 Å². The molecule has 1 amide bonds. The molecule has 0 heterocycles. The van der Waals surface area contributed by atoms with Crippen molar-refractivity contribution in [2.75, 3.05) is 5.88 Å². The summed E-state index contributed by atoms with van der Waals surface area (Å²) in [7, 11) is 0. The van der Waals surface area contributed by atoms with Gasteiger partial charge in [-0.1, -0.05) is 0 Å². The van der Waals surface area contributed by atoms with Crippen LogP contribution in [0.15, 0.2) is 18.2 Å². The van der Waals surface area contributed by atoms with Crippen LogP contribution in [0.5, 0.6) is 0 Å². The summed E-state index contributed by atoms with van der Waals surface area (Å²) in [4.78, 5) is 11.9. The molecule has 0 atom stereocenters. The van der Waals surface area contributed by atoms with Crippen molar-refractivity contribution in [3.8, 4) is 0 Å². The van der Waals surface area contributed by atoms with Gasteiger partial charge in [-0.25, -0.2) is 4.39 Å². The molecule has 2 rings (SSSR count). The number of rotatable bonds is 3. The molecule has 0 aromatic heterocycles. The Morgan fingerprint density at radius 3 is 2.45 bits per heavy atom. The molecule has 1 aromatic carbocycles. The molecule has 0 aliphatic heterocycles. The van der Waals surface area contributed by atoms with Gasteiger partial charge in [0.25, 0.3) is 5.91 Å². The van der Waals surface area contributed by atoms with E-state index in [9.17, 15) is 22.4 Å². The SMILES string of the molecule is O=C(NC1(CCl)CCC1)c1ccc(F)c(C(F)(F)F)c1. The molecule has 0 spiro atoms. The van der Waals surface area contributed by atoms with Gasteiger partial charge < -0.3 is 5.32 Å². The molecule has 1 fully saturated rings. The lowest BCUT2D eigenvalue weighted by Gasteiger charge is -2.41. The fourth-order valence-electron chi connectivity index (χ4n) is 2.09. The monoisotopic (exact) mass is 309 g/mol. The first-order chi connectivity index (χ1) is 9.27. The van der Waals surface area contributed by atoms with E-state index >= 15 is 0 Å². The maximum Gasteiger partial charge on any atom is 0.419 e. The minimum atomic E-state index is -4.83. The third kappa shape index (κ3) is 2.90. The van der Waals surface area contributed by atoms with E-state index in [4.69, 9.17) is 11.6 Å². The summed E-state index contributed by atoms with van der Waals surface area (Å²) in [6, 6.07) is 2.19. The number of amides is 1. The Hall–Kier alpha value is -1.30. The topological polar surface area (TPSA) is 29.1 Å². The molecular weight excluding hydrogens is 298 g/mol. The highest BCUT2D eigenvalue weighted by Crippen LogP contribution is 2.34. The highest BCUT2D eigenvalue weighted by molar-refractivity contribution is 6.19. The Bertz CT molecular complexity index is 520. The second kappa shape index (κ2) is 5.24. The van der Waals surface area contributed by atoms with Gasteiger partial charge >= 0.3 is 6.18 Å². The number of hydrogen-bond donors (Lipinski definition) is 1. The summed E-state index contributed by atoms with van der Waals surface area (Å²) in [6.45, 7) is 0. The summed E-state index contributed by atoms with van der Waals surface area (Å²) >= 11 is 5.77. The van der Waals surface area contributed by atoms with Crippen molar-refractivity contribution in [1.29, 1.82) is 0 Å². The van der Waals surface area contributed by atoms with Crippen molar-refractivity contribution in [2.24, 2.45) is 0 Å². The summed E-state index contributed by atoms with van der Waals surface area (Å²) < 4.78 is 50.9. The van der Waals surface area contributed by atoms with Gasteiger partial charge in [-0.15, -0.1) is 11.6 Å². The minimum absolute atomic E-state index is 0.200. The Morgan fingerprint density at radius 1 is 1.35 bits per heavy atom. The number of carbonyl (C=O) groups excluding carboxylic acids is 1. The highest BCUT2D eigenvalue weighted by atomic mass is 35.5. The van der Waals surface area contributed by atoms with Crippen molar-refractivity contribution in [3.05, 3.63) is 35.1 Å². The van der Waals surface area contributed by atoms with Crippen LogP contribution >= 0.6 is 11.6 Å². The Morgan fingerprint density at radius 2 is 2.00 bits per heavy atom. The molecule has 1 aliphatic rings. The van der Waals surface area contributed by atoms with Gasteiger partial charge in [0.1, 0.15) is 5.82 Å². The molecule has 0 radical (unpaired) electrons. The molecule has 2 nitrogen and oxygen atoms in total. The zero-order valence-corrected chi connectivity index (χ0v) is 11.1. The van der Waals surface area contributed by atoms with Crippen LogP contribution in [0.2, 0.25) is 0 Å². The van der Waals surface area contributed by atoms with Crippen molar-refractivity contribution < 1.29 is 22.4 Å². The van der Waals surface area contributed by atoms with Crippen LogP contribution in [-0.2, 0) is 6.18 Å². The molecule has 0 saturated heterocycles. The van der Waals surface area contributed by atoms with E-state index in [-0.39, 0.29) is 11.4 Å². The number of carbonyl (C=O) groups is 1. The van der Waals surface area contributed by atoms with Gasteiger partial charge in [-0.3, -0.25) is 4.79 Å². The molecule has 20 heavy (non-hydrogen) atoms. The Balaban J connectivity index is 2.23. The lowest BCUT2D eigenvalue weighted by atomic mass is 9.78. The van der Waals surface area contributed by atoms with Gasteiger partial charge in [0.15, 0.2) is 0 Å². The Labute approximate surface area is 118 Å². The number of hydrogen-bond acceptors (Lipinski definition) is 1. The fourth-order valence-corrected chi connectivity index (χ4v) is 2.43. The van der Waals surface area contributed by atoms with E-state index in [0.29, 0.717) is 25.0 Å². The van der Waals surface area contributed by atoms with Crippen LogP contribution in [0, 0.1) is 5.82 Å². The number of alkyl halides is 4. The molecular formula is C13H12ClF4NO. The average Bonchev–Trinajstić information content (AvgIpc) is 2.32. The van der Waals surface area contributed by atoms with Gasteiger partial charge in [0, 0.05) is 11.4 Å². The molecule has 1 N–H and O–H groups in total. The maximum absolute atomic E-state index is 13.1. The first-order valence-corrected chi connectivity index (χ1v) is 6.56. The average molecular weight is 310 g/mol. The van der Waals surface area contributed by atoms with Crippen LogP contribution < -0.4 is 5.32 Å². The quantitative estimate of drug-likeness (QED) is 0.669. The molecule has 7 heteroatoms. The molecule has 1 aromatic rings. The van der Waals surface area contributed by atoms with Crippen molar-refractivity contribution in [2.45, 2.75) is 31.0 Å². The van der Waals surface area contributed by atoms with Crippen molar-refractivity contribution in [1.82, 2.24) is 5.32 Å². The second-order valence-electron chi connectivity index (χ2n) is 4.91. The number of halogens is 5. The third-order valence-corrected chi connectivity index (χ3v) is 3.99. The summed E-state index contributed by atoms with van der Waals surface area (Å²) in [5.41, 5.74) is -2.22. The van der Waals surface area contributed by atoms with Crippen LogP contribution in [0.4, 0.5) is 17.6 Å². The molecule has 0 bridgehead atoms. The summed E-state index contributed by atoms with van der Waals surface area (Å²) in [5.74, 6) is -1.87. The zero-order chi connectivity index (χ0) is 15.0. The fraction of sp³-hybridized carbons (Fsp3) is 0.462. The lowest BCUT2D eigenvalue weighted by molar-refractivity contribution is -0.140. The molecule has 0 unspecified atom stereocenters. The highest BCUT2D eigenvalue weighted by Gasteiger charge is 2.39. The largest absolute Gasteiger partial charge is 0.419 e. The van der Waals surface area contributed by atoms with Crippen molar-refractivity contribution >= 4 is 17.5 Å². The third-order valence-electron chi connectivity index (χ3n) is 3.48. The summed E-state index contributed by atoms with van der Waals surface area (Å²) in [6.07, 6.45) is -2.55. The molecule has 1 aliphatic carbocycles. The van der Waals surface area contributed by atoms with E-state index in [1.54, 1.807) is 0 Å². The summed E-state index contributed by atoms with van der Waals surface area (Å²) in [5, 5.41) is 2.63. The minimum Gasteiger partial charge on any atom is -0.345 e. The van der Waals surface area contributed by atoms with E-state index in [1.807, 2.05) is 0 Å². The van der Waals surface area contributed by atoms with Gasteiger partial charge in [0.05, 0.1) is 11.1 Å². The molecule has 1 saturated carbocycles. The molecule has 110 valence electrons. The normalized spacial score (nSPS) is 17.4. The standard InChI is InChI=1S/C13H12ClF4NO/c14-7-12(4-1-5-12)19-11(20)8-2-3-10(15)9(6-8)13(16,17)18/h2-3,6H,1,4-5,7H2,(H,19,20). The first kappa shape index (κ1) is 15.1. The predicted molar refractivity (Wildman–Crippen MR) is 66.2 cm³/mol. The maximum atomic E-state index is 13.1. The van der Waals surface area contributed by atoms with Gasteiger partial charge in [-0.2, -0.15) is 13.2 Å². The predicted octanol–water partition coefficient (Wildman–Crippen LogP) is 3.74. The number of benzene rings is 1. The second-order valence-corrected chi connectivity index (χ2v) is 5.18. The van der Waals surface area contributed by atoms with E-state index in [1.165, 1.54) is 0 Å². The number of nitrogens with one attached hydrogen (secondary N) is 1. The van der Waals surface area contributed by atoms with Crippen LogP contribution in [0.25, 0.3) is 0 Å². The van der Waals surface area contributed by atoms with Crippen LogP contribution in [0.1, 0.15) is 35.2 Å². The zero-order valence-electron chi connectivity index (χ0n) is 10.4. The smallest absolute Gasteiger partial charge is 0.345 e. The Kier molecular flexibility index (Phi) is 3.95. The van der Waals surface area contributed by atoms with E-state index in [0.717, 1.165) is 12.5 Å². The van der Waals surface area contributed by atoms with E-state index < -0.39 is 29.0 Å². The van der Waals surface area contributed by atoms with Crippen molar-refractivity contribution in [3.63, 3.8) is 0 Å². The van der Waals surface area contributed by atoms with Crippen LogP contribution in [0.3, 0.4) is 0 Å². The van der Waals surface area contributed by atoms with Gasteiger partial charge in [-0.05, 0) is 37.5 Å². The first-order valence-electron chi connectivity index (χ1n) is 6.03. The lowest BCUT2D eigenvalue weighted by Crippen LogP contribution is -2.55. The van der Waals surface area contributed by atoms with Crippen LogP contribution in [-0.4, -0.2) is 17.3 Å². The van der Waals surface area contributed by atoms with Gasteiger partial charge in [0.2, 0.25) is 0 Å².